The zero-order chi connectivity index (χ0) is 18.7. The number of hydrogen-bond acceptors (Lipinski definition) is 1. The summed E-state index contributed by atoms with van der Waals surface area (Å²) in [6.07, 6.45) is -2.52. The topological polar surface area (TPSA) is 24.1 Å². The van der Waals surface area contributed by atoms with E-state index in [-0.39, 0.29) is 0 Å². The average molecular weight is 462 g/mol. The predicted octanol–water partition coefficient (Wildman–Crippen LogP) is 7.46. The molecule has 8 heteroatoms. The molecule has 0 aliphatic heterocycles. The monoisotopic (exact) mass is 460 g/mol. The molecule has 2 N–H and O–H groups in total. The summed E-state index contributed by atoms with van der Waals surface area (Å²) in [6, 6.07) is 20.2. The van der Waals surface area contributed by atoms with Crippen molar-refractivity contribution in [3.05, 3.63) is 86.8 Å². The lowest BCUT2D eigenvalue weighted by Gasteiger charge is -2.28. The van der Waals surface area contributed by atoms with Gasteiger partial charge in [-0.1, -0.05) is 76.7 Å². The van der Waals surface area contributed by atoms with Crippen LogP contribution in [0.1, 0.15) is 0 Å². The Bertz CT molecular complexity index is 925. The molecular formula is C18H13Cl4N2PS. The Hall–Kier alpha value is -0.930. The Morgan fingerprint density at radius 2 is 1.12 bits per heavy atom. The van der Waals surface area contributed by atoms with Crippen LogP contribution >= 0.6 is 52.7 Å². The van der Waals surface area contributed by atoms with Crippen LogP contribution in [0.5, 0.6) is 0 Å². The van der Waals surface area contributed by atoms with Crippen molar-refractivity contribution in [2.24, 2.45) is 0 Å². The van der Waals surface area contributed by atoms with E-state index in [4.69, 9.17) is 58.2 Å². The Labute approximate surface area is 177 Å². The molecule has 0 radical (unpaired) electrons. The molecule has 26 heavy (non-hydrogen) atoms. The van der Waals surface area contributed by atoms with Crippen molar-refractivity contribution in [1.82, 2.24) is 0 Å². The van der Waals surface area contributed by atoms with Crippen molar-refractivity contribution in [2.45, 2.75) is 0 Å². The number of anilines is 2. The summed E-state index contributed by atoms with van der Waals surface area (Å²) in [5.41, 5.74) is 1.39. The van der Waals surface area contributed by atoms with E-state index in [2.05, 4.69) is 10.2 Å². The molecule has 0 heterocycles. The highest BCUT2D eigenvalue weighted by Gasteiger charge is 2.22. The van der Waals surface area contributed by atoms with Crippen molar-refractivity contribution < 1.29 is 0 Å². The average Bonchev–Trinajstić information content (AvgIpc) is 2.61. The second-order valence-electron chi connectivity index (χ2n) is 5.42. The summed E-state index contributed by atoms with van der Waals surface area (Å²) >= 11 is 30.7. The standard InChI is InChI=1S/C18H13Cl4N2PS/c19-12-6-8-17(15(21)10-12)23-25(26,14-4-2-1-3-5-14)24-18-9-7-13(20)11-16(18)22/h1-11H,(H2,23,24,26). The van der Waals surface area contributed by atoms with Gasteiger partial charge in [-0.25, -0.2) is 0 Å². The fourth-order valence-electron chi connectivity index (χ4n) is 2.29. The van der Waals surface area contributed by atoms with E-state index in [0.29, 0.717) is 31.5 Å². The fourth-order valence-corrected chi connectivity index (χ4v) is 6.27. The van der Waals surface area contributed by atoms with Crippen LogP contribution in [-0.4, -0.2) is 0 Å². The number of rotatable bonds is 5. The molecule has 0 aromatic heterocycles. The first-order valence-electron chi connectivity index (χ1n) is 7.50. The molecule has 134 valence electrons. The molecule has 3 aromatic carbocycles. The molecule has 0 saturated heterocycles. The minimum Gasteiger partial charge on any atom is -0.338 e. The third-order valence-electron chi connectivity index (χ3n) is 3.54. The highest BCUT2D eigenvalue weighted by Crippen LogP contribution is 2.48. The molecule has 0 saturated carbocycles. The lowest BCUT2D eigenvalue weighted by molar-refractivity contribution is 1.63. The first kappa shape index (κ1) is 19.8. The fraction of sp³-hybridized carbons (Fsp3) is 0. The number of hydrogen-bond donors (Lipinski definition) is 2. The molecule has 0 unspecified atom stereocenters. The van der Waals surface area contributed by atoms with Gasteiger partial charge in [0.05, 0.1) is 21.4 Å². The first-order chi connectivity index (χ1) is 12.4. The van der Waals surface area contributed by atoms with Crippen molar-refractivity contribution in [3.63, 3.8) is 0 Å². The third-order valence-corrected chi connectivity index (χ3v) is 7.95. The van der Waals surface area contributed by atoms with Crippen molar-refractivity contribution >= 4 is 81.2 Å². The van der Waals surface area contributed by atoms with E-state index in [1.165, 1.54) is 0 Å². The number of benzene rings is 3. The quantitative estimate of drug-likeness (QED) is 0.385. The molecule has 0 aliphatic rings. The predicted molar refractivity (Wildman–Crippen MR) is 121 cm³/mol. The van der Waals surface area contributed by atoms with E-state index >= 15 is 0 Å². The van der Waals surface area contributed by atoms with Crippen LogP contribution < -0.4 is 15.5 Å². The minimum atomic E-state index is -2.52. The van der Waals surface area contributed by atoms with E-state index in [1.807, 2.05) is 30.3 Å². The van der Waals surface area contributed by atoms with Gasteiger partial charge >= 0.3 is 0 Å². The first-order valence-corrected chi connectivity index (χ1v) is 11.8. The largest absolute Gasteiger partial charge is 0.338 e. The minimum absolute atomic E-state index is 0.492. The van der Waals surface area contributed by atoms with Crippen molar-refractivity contribution in [2.75, 3.05) is 10.2 Å². The maximum absolute atomic E-state index is 6.33. The lowest BCUT2D eigenvalue weighted by atomic mass is 10.3. The molecule has 2 nitrogen and oxygen atoms in total. The van der Waals surface area contributed by atoms with Gasteiger partial charge in [0.25, 0.3) is 0 Å². The van der Waals surface area contributed by atoms with Crippen LogP contribution in [0.2, 0.25) is 20.1 Å². The highest BCUT2D eigenvalue weighted by atomic mass is 35.5. The van der Waals surface area contributed by atoms with Gasteiger partial charge in [-0.15, -0.1) is 0 Å². The zero-order valence-electron chi connectivity index (χ0n) is 13.2. The van der Waals surface area contributed by atoms with Crippen molar-refractivity contribution in [3.8, 4) is 0 Å². The maximum Gasteiger partial charge on any atom is 0.148 e. The van der Waals surface area contributed by atoms with Gasteiger partial charge in [-0.05, 0) is 48.2 Å². The summed E-state index contributed by atoms with van der Waals surface area (Å²) in [7, 11) is 0. The Kier molecular flexibility index (Phi) is 6.40. The molecule has 0 fully saturated rings. The van der Waals surface area contributed by atoms with Gasteiger partial charge in [0.15, 0.2) is 0 Å². The van der Waals surface area contributed by atoms with Gasteiger partial charge in [0.2, 0.25) is 0 Å². The van der Waals surface area contributed by atoms with E-state index in [1.54, 1.807) is 36.4 Å². The third kappa shape index (κ3) is 4.67. The molecule has 3 rings (SSSR count). The van der Waals surface area contributed by atoms with Crippen LogP contribution in [0.25, 0.3) is 0 Å². The van der Waals surface area contributed by atoms with Gasteiger partial charge in [0, 0.05) is 15.3 Å². The molecule has 3 aromatic rings. The summed E-state index contributed by atoms with van der Waals surface area (Å²) in [5.74, 6) is 0. The highest BCUT2D eigenvalue weighted by molar-refractivity contribution is 8.19. The summed E-state index contributed by atoms with van der Waals surface area (Å²) < 4.78 is 0. The number of nitrogens with one attached hydrogen (secondary N) is 2. The molecular weight excluding hydrogens is 449 g/mol. The maximum atomic E-state index is 6.33. The molecule has 0 bridgehead atoms. The van der Waals surface area contributed by atoms with Crippen LogP contribution in [0.4, 0.5) is 11.4 Å². The molecule has 0 aliphatic carbocycles. The summed E-state index contributed by atoms with van der Waals surface area (Å²) in [4.78, 5) is 0. The second-order valence-corrected chi connectivity index (χ2v) is 10.9. The Balaban J connectivity index is 2.03. The van der Waals surface area contributed by atoms with Crippen LogP contribution in [-0.2, 0) is 11.8 Å². The van der Waals surface area contributed by atoms with Crippen LogP contribution in [0, 0.1) is 0 Å². The van der Waals surface area contributed by atoms with Crippen LogP contribution in [0.15, 0.2) is 66.7 Å². The number of halogens is 4. The summed E-state index contributed by atoms with van der Waals surface area (Å²) in [5, 5.41) is 9.82. The zero-order valence-corrected chi connectivity index (χ0v) is 18.0. The SMILES string of the molecule is S=P(Nc1ccc(Cl)cc1Cl)(Nc1ccc(Cl)cc1Cl)c1ccccc1. The van der Waals surface area contributed by atoms with E-state index in [0.717, 1.165) is 5.30 Å². The molecule has 0 atom stereocenters. The Morgan fingerprint density at radius 3 is 1.54 bits per heavy atom. The normalized spacial score (nSPS) is 11.2. The van der Waals surface area contributed by atoms with Gasteiger partial charge in [0.1, 0.15) is 6.34 Å². The second kappa shape index (κ2) is 8.39. The van der Waals surface area contributed by atoms with Crippen molar-refractivity contribution in [1.29, 1.82) is 0 Å². The summed E-state index contributed by atoms with van der Waals surface area (Å²) in [6.45, 7) is 0. The molecule has 0 spiro atoms. The van der Waals surface area contributed by atoms with E-state index in [9.17, 15) is 0 Å². The molecule has 0 amide bonds. The van der Waals surface area contributed by atoms with Gasteiger partial charge < -0.3 is 10.2 Å². The van der Waals surface area contributed by atoms with Gasteiger partial charge in [-0.3, -0.25) is 0 Å². The van der Waals surface area contributed by atoms with Gasteiger partial charge in [-0.2, -0.15) is 0 Å². The van der Waals surface area contributed by atoms with E-state index < -0.39 is 6.34 Å². The Morgan fingerprint density at radius 1 is 0.654 bits per heavy atom. The lowest BCUT2D eigenvalue weighted by Crippen LogP contribution is -2.18. The smallest absolute Gasteiger partial charge is 0.148 e. The van der Waals surface area contributed by atoms with Crippen LogP contribution in [0.3, 0.4) is 0 Å².